The van der Waals surface area contributed by atoms with Gasteiger partial charge in [0.25, 0.3) is 0 Å². The minimum absolute atomic E-state index is 0.180. The second-order valence-electron chi connectivity index (χ2n) is 4.61. The number of para-hydroxylation sites is 1. The molecular weight excluding hydrogens is 228 g/mol. The monoisotopic (exact) mass is 248 g/mol. The van der Waals surface area contributed by atoms with Crippen molar-refractivity contribution in [3.8, 4) is 5.75 Å². The van der Waals surface area contributed by atoms with Gasteiger partial charge in [0.2, 0.25) is 5.91 Å². The summed E-state index contributed by atoms with van der Waals surface area (Å²) < 4.78 is 5.53. The van der Waals surface area contributed by atoms with Gasteiger partial charge >= 0.3 is 0 Å². The van der Waals surface area contributed by atoms with E-state index in [0.717, 1.165) is 25.4 Å². The van der Waals surface area contributed by atoms with Crippen molar-refractivity contribution in [3.05, 3.63) is 30.3 Å². The zero-order valence-electron chi connectivity index (χ0n) is 10.8. The van der Waals surface area contributed by atoms with Crippen molar-refractivity contribution in [1.29, 1.82) is 0 Å². The van der Waals surface area contributed by atoms with Crippen LogP contribution in [0, 0.1) is 0 Å². The molecule has 0 saturated carbocycles. The smallest absolute Gasteiger partial charge is 0.226 e. The molecule has 1 N–H and O–H groups in total. The molecule has 4 heteroatoms. The maximum Gasteiger partial charge on any atom is 0.226 e. The number of rotatable bonds is 4. The zero-order valence-corrected chi connectivity index (χ0v) is 10.8. The first-order chi connectivity index (χ1) is 8.75. The van der Waals surface area contributed by atoms with Crippen LogP contribution in [-0.2, 0) is 4.79 Å². The van der Waals surface area contributed by atoms with Crippen LogP contribution in [0.3, 0.4) is 0 Å². The van der Waals surface area contributed by atoms with Gasteiger partial charge in [-0.15, -0.1) is 0 Å². The molecule has 98 valence electrons. The molecule has 1 aliphatic heterocycles. The van der Waals surface area contributed by atoms with E-state index in [0.29, 0.717) is 19.1 Å². The van der Waals surface area contributed by atoms with Crippen LogP contribution in [0.5, 0.6) is 5.75 Å². The van der Waals surface area contributed by atoms with Crippen LogP contribution in [0.1, 0.15) is 13.3 Å². The Bertz CT molecular complexity index is 381. The van der Waals surface area contributed by atoms with E-state index in [1.807, 2.05) is 35.2 Å². The van der Waals surface area contributed by atoms with Gasteiger partial charge in [0.15, 0.2) is 0 Å². The van der Waals surface area contributed by atoms with Gasteiger partial charge in [-0.05, 0) is 19.1 Å². The molecule has 2 rings (SSSR count). The number of hydrogen-bond donors (Lipinski definition) is 1. The van der Waals surface area contributed by atoms with Gasteiger partial charge in [0.05, 0.1) is 13.0 Å². The highest BCUT2D eigenvalue weighted by molar-refractivity contribution is 5.76. The molecule has 0 aliphatic carbocycles. The Morgan fingerprint density at radius 1 is 1.44 bits per heavy atom. The molecule has 1 aliphatic rings. The Hall–Kier alpha value is -1.55. The first kappa shape index (κ1) is 12.9. The summed E-state index contributed by atoms with van der Waals surface area (Å²) in [5, 5.41) is 3.32. The summed E-state index contributed by atoms with van der Waals surface area (Å²) in [5.74, 6) is 0.998. The lowest BCUT2D eigenvalue weighted by Crippen LogP contribution is -2.51. The molecule has 1 atom stereocenters. The first-order valence-electron chi connectivity index (χ1n) is 6.45. The molecule has 1 saturated heterocycles. The quantitative estimate of drug-likeness (QED) is 0.872. The molecule has 18 heavy (non-hydrogen) atoms. The zero-order chi connectivity index (χ0) is 12.8. The summed E-state index contributed by atoms with van der Waals surface area (Å²) in [7, 11) is 0. The second-order valence-corrected chi connectivity index (χ2v) is 4.61. The SMILES string of the molecule is C[C@@H]1CN(C(=O)CCOc2ccccc2)CCN1. The summed E-state index contributed by atoms with van der Waals surface area (Å²) >= 11 is 0. The van der Waals surface area contributed by atoms with Gasteiger partial charge in [-0.25, -0.2) is 0 Å². The summed E-state index contributed by atoms with van der Waals surface area (Å²) in [6.07, 6.45) is 0.446. The molecule has 4 nitrogen and oxygen atoms in total. The van der Waals surface area contributed by atoms with E-state index < -0.39 is 0 Å². The number of amides is 1. The van der Waals surface area contributed by atoms with Crippen molar-refractivity contribution in [3.63, 3.8) is 0 Å². The number of carbonyl (C=O) groups is 1. The average Bonchev–Trinajstić information content (AvgIpc) is 2.40. The molecule has 1 amide bonds. The van der Waals surface area contributed by atoms with E-state index in [-0.39, 0.29) is 5.91 Å². The van der Waals surface area contributed by atoms with E-state index in [1.165, 1.54) is 0 Å². The molecule has 0 radical (unpaired) electrons. The van der Waals surface area contributed by atoms with Gasteiger partial charge in [0, 0.05) is 25.7 Å². The number of carbonyl (C=O) groups excluding carboxylic acids is 1. The van der Waals surface area contributed by atoms with Crippen LogP contribution < -0.4 is 10.1 Å². The normalized spacial score (nSPS) is 19.6. The number of nitrogens with zero attached hydrogens (tertiary/aromatic N) is 1. The summed E-state index contributed by atoms with van der Waals surface area (Å²) in [5.41, 5.74) is 0. The van der Waals surface area contributed by atoms with Crippen LogP contribution in [0.15, 0.2) is 30.3 Å². The highest BCUT2D eigenvalue weighted by Crippen LogP contribution is 2.09. The Morgan fingerprint density at radius 2 is 2.22 bits per heavy atom. The highest BCUT2D eigenvalue weighted by Gasteiger charge is 2.19. The minimum atomic E-state index is 0.180. The maximum absolute atomic E-state index is 12.0. The maximum atomic E-state index is 12.0. The summed E-state index contributed by atoms with van der Waals surface area (Å²) in [4.78, 5) is 13.9. The molecule has 0 bridgehead atoms. The molecule has 1 fully saturated rings. The highest BCUT2D eigenvalue weighted by atomic mass is 16.5. The van der Waals surface area contributed by atoms with Crippen LogP contribution in [0.2, 0.25) is 0 Å². The molecule has 0 spiro atoms. The Labute approximate surface area is 108 Å². The van der Waals surface area contributed by atoms with Crippen molar-refractivity contribution in [1.82, 2.24) is 10.2 Å². The number of nitrogens with one attached hydrogen (secondary N) is 1. The minimum Gasteiger partial charge on any atom is -0.493 e. The fourth-order valence-corrected chi connectivity index (χ4v) is 2.09. The van der Waals surface area contributed by atoms with Crippen molar-refractivity contribution in [2.45, 2.75) is 19.4 Å². The first-order valence-corrected chi connectivity index (χ1v) is 6.45. The molecule has 1 aromatic rings. The van der Waals surface area contributed by atoms with Crippen molar-refractivity contribution < 1.29 is 9.53 Å². The van der Waals surface area contributed by atoms with Crippen molar-refractivity contribution >= 4 is 5.91 Å². The topological polar surface area (TPSA) is 41.6 Å². The van der Waals surface area contributed by atoms with E-state index in [1.54, 1.807) is 0 Å². The molecule has 1 heterocycles. The predicted molar refractivity (Wildman–Crippen MR) is 70.6 cm³/mol. The van der Waals surface area contributed by atoms with Crippen molar-refractivity contribution in [2.24, 2.45) is 0 Å². The van der Waals surface area contributed by atoms with Crippen LogP contribution in [-0.4, -0.2) is 43.1 Å². The fraction of sp³-hybridized carbons (Fsp3) is 0.500. The third kappa shape index (κ3) is 3.74. The van der Waals surface area contributed by atoms with E-state index in [9.17, 15) is 4.79 Å². The molecular formula is C14H20N2O2. The lowest BCUT2D eigenvalue weighted by Gasteiger charge is -2.31. The molecule has 0 aromatic heterocycles. The standard InChI is InChI=1S/C14H20N2O2/c1-12-11-16(9-8-15-12)14(17)7-10-18-13-5-3-2-4-6-13/h2-6,12,15H,7-11H2,1H3/t12-/m1/s1. The van der Waals surface area contributed by atoms with Gasteiger partial charge < -0.3 is 15.0 Å². The Balaban J connectivity index is 1.71. The Kier molecular flexibility index (Phi) is 4.59. The van der Waals surface area contributed by atoms with Crippen LogP contribution >= 0.6 is 0 Å². The third-order valence-electron chi connectivity index (χ3n) is 3.05. The third-order valence-corrected chi connectivity index (χ3v) is 3.05. The number of piperazine rings is 1. The van der Waals surface area contributed by atoms with E-state index >= 15 is 0 Å². The molecule has 1 aromatic carbocycles. The van der Waals surface area contributed by atoms with Gasteiger partial charge in [0.1, 0.15) is 5.75 Å². The van der Waals surface area contributed by atoms with E-state index in [2.05, 4.69) is 12.2 Å². The number of benzene rings is 1. The fourth-order valence-electron chi connectivity index (χ4n) is 2.09. The van der Waals surface area contributed by atoms with Crippen LogP contribution in [0.4, 0.5) is 0 Å². The van der Waals surface area contributed by atoms with Crippen LogP contribution in [0.25, 0.3) is 0 Å². The lowest BCUT2D eigenvalue weighted by atomic mass is 10.2. The average molecular weight is 248 g/mol. The lowest BCUT2D eigenvalue weighted by molar-refractivity contribution is -0.132. The summed E-state index contributed by atoms with van der Waals surface area (Å²) in [6.45, 7) is 5.02. The Morgan fingerprint density at radius 3 is 2.94 bits per heavy atom. The predicted octanol–water partition coefficient (Wildman–Crippen LogP) is 1.28. The second kappa shape index (κ2) is 6.40. The van der Waals surface area contributed by atoms with Crippen molar-refractivity contribution in [2.75, 3.05) is 26.2 Å². The summed E-state index contributed by atoms with van der Waals surface area (Å²) in [6, 6.07) is 9.98. The van der Waals surface area contributed by atoms with E-state index in [4.69, 9.17) is 4.74 Å². The number of hydrogen-bond acceptors (Lipinski definition) is 3. The largest absolute Gasteiger partial charge is 0.493 e. The number of ether oxygens (including phenoxy) is 1. The van der Waals surface area contributed by atoms with Gasteiger partial charge in [-0.1, -0.05) is 18.2 Å². The van der Waals surface area contributed by atoms with Gasteiger partial charge in [-0.2, -0.15) is 0 Å². The van der Waals surface area contributed by atoms with Gasteiger partial charge in [-0.3, -0.25) is 4.79 Å². The molecule has 0 unspecified atom stereocenters.